The maximum Gasteiger partial charge on any atom is 0.435 e. The molecule has 5 nitrogen and oxygen atoms in total. The molecule has 0 aliphatic heterocycles. The number of para-hydroxylation sites is 1. The zero-order valence-corrected chi connectivity index (χ0v) is 21.4. The molecule has 0 saturated heterocycles. The maximum absolute atomic E-state index is 13.5. The summed E-state index contributed by atoms with van der Waals surface area (Å²) in [6, 6.07) is 19.3. The number of amides is 1. The molecule has 0 aliphatic rings. The Hall–Kier alpha value is -3.78. The molecule has 0 bridgehead atoms. The first-order valence-electron chi connectivity index (χ1n) is 11.4. The number of hydrogen-bond donors (Lipinski definition) is 1. The average molecular weight is 528 g/mol. The highest BCUT2D eigenvalue weighted by Crippen LogP contribution is 2.35. The van der Waals surface area contributed by atoms with Gasteiger partial charge in [-0.25, -0.2) is 4.68 Å². The number of aromatic nitrogens is 2. The fourth-order valence-corrected chi connectivity index (χ4v) is 4.01. The predicted molar refractivity (Wildman–Crippen MR) is 139 cm³/mol. The molecule has 1 amide bonds. The monoisotopic (exact) mass is 527 g/mol. The van der Waals surface area contributed by atoms with E-state index in [2.05, 4.69) is 31.2 Å². The normalized spacial score (nSPS) is 11.9. The molecule has 3 aromatic carbocycles. The van der Waals surface area contributed by atoms with Gasteiger partial charge >= 0.3 is 6.18 Å². The molecular weight excluding hydrogens is 503 g/mol. The van der Waals surface area contributed by atoms with Crippen molar-refractivity contribution in [2.24, 2.45) is 0 Å². The fourth-order valence-electron chi connectivity index (χ4n) is 3.79. The van der Waals surface area contributed by atoms with E-state index in [0.717, 1.165) is 16.3 Å². The second kappa shape index (κ2) is 9.94. The van der Waals surface area contributed by atoms with Crippen LogP contribution in [0.15, 0.2) is 72.8 Å². The Morgan fingerprint density at radius 1 is 0.973 bits per heavy atom. The van der Waals surface area contributed by atoms with E-state index in [1.54, 1.807) is 54.6 Å². The Labute approximate surface area is 217 Å². The summed E-state index contributed by atoms with van der Waals surface area (Å²) in [4.78, 5) is 13.0. The third-order valence-corrected chi connectivity index (χ3v) is 6.16. The topological polar surface area (TPSA) is 56.1 Å². The van der Waals surface area contributed by atoms with E-state index >= 15 is 0 Å². The SMILES string of the molecule is COc1ccc(C(C)(C)C)cc1NC(=O)c1ccc(-c2cc(C(F)(F)F)nn2-c2ccccc2Cl)cc1. The van der Waals surface area contributed by atoms with Gasteiger partial charge in [-0.3, -0.25) is 4.79 Å². The van der Waals surface area contributed by atoms with Crippen molar-refractivity contribution in [3.63, 3.8) is 0 Å². The summed E-state index contributed by atoms with van der Waals surface area (Å²) in [6.45, 7) is 6.20. The lowest BCUT2D eigenvalue weighted by molar-refractivity contribution is -0.141. The third-order valence-electron chi connectivity index (χ3n) is 5.84. The molecule has 0 atom stereocenters. The highest BCUT2D eigenvalue weighted by Gasteiger charge is 2.35. The molecule has 0 fully saturated rings. The van der Waals surface area contributed by atoms with Crippen LogP contribution in [0.1, 0.15) is 42.4 Å². The molecule has 4 rings (SSSR count). The molecule has 37 heavy (non-hydrogen) atoms. The number of halogens is 4. The van der Waals surface area contributed by atoms with Crippen LogP contribution in [0, 0.1) is 0 Å². The standard InChI is InChI=1S/C28H25ClF3N3O2/c1-27(2,3)19-13-14-24(37-4)21(15-19)33-26(36)18-11-9-17(10-12-18)23-16-25(28(30,31)32)34-35(23)22-8-6-5-7-20(22)29/h5-16H,1-4H3,(H,33,36). The highest BCUT2D eigenvalue weighted by molar-refractivity contribution is 6.32. The molecule has 0 unspecified atom stereocenters. The molecule has 0 saturated carbocycles. The van der Waals surface area contributed by atoms with Crippen molar-refractivity contribution in [3.8, 4) is 22.7 Å². The highest BCUT2D eigenvalue weighted by atomic mass is 35.5. The minimum absolute atomic E-state index is 0.132. The van der Waals surface area contributed by atoms with E-state index in [0.29, 0.717) is 28.3 Å². The number of hydrogen-bond acceptors (Lipinski definition) is 3. The molecule has 4 aromatic rings. The smallest absolute Gasteiger partial charge is 0.435 e. The molecule has 0 aliphatic carbocycles. The van der Waals surface area contributed by atoms with E-state index in [1.807, 2.05) is 12.1 Å². The summed E-state index contributed by atoms with van der Waals surface area (Å²) >= 11 is 6.24. The second-order valence-corrected chi connectivity index (χ2v) is 9.88. The number of carbonyl (C=O) groups excluding carboxylic acids is 1. The van der Waals surface area contributed by atoms with Crippen LogP contribution in [0.5, 0.6) is 5.75 Å². The van der Waals surface area contributed by atoms with Gasteiger partial charge < -0.3 is 10.1 Å². The first-order valence-corrected chi connectivity index (χ1v) is 11.8. The van der Waals surface area contributed by atoms with Crippen molar-refractivity contribution in [1.82, 2.24) is 9.78 Å². The molecule has 0 radical (unpaired) electrons. The number of rotatable bonds is 5. The van der Waals surface area contributed by atoms with E-state index in [9.17, 15) is 18.0 Å². The third kappa shape index (κ3) is 5.64. The van der Waals surface area contributed by atoms with Gasteiger partial charge in [-0.1, -0.05) is 62.7 Å². The lowest BCUT2D eigenvalue weighted by Crippen LogP contribution is -2.15. The quantitative estimate of drug-likeness (QED) is 0.288. The van der Waals surface area contributed by atoms with Crippen molar-refractivity contribution < 1.29 is 22.7 Å². The predicted octanol–water partition coefficient (Wildman–Crippen LogP) is 7.77. The molecule has 1 N–H and O–H groups in total. The first kappa shape index (κ1) is 26.3. The zero-order valence-electron chi connectivity index (χ0n) is 20.7. The van der Waals surface area contributed by atoms with Gasteiger partial charge in [-0.2, -0.15) is 18.3 Å². The van der Waals surface area contributed by atoms with Gasteiger partial charge in [-0.05, 0) is 53.4 Å². The number of benzene rings is 3. The second-order valence-electron chi connectivity index (χ2n) is 9.47. The Morgan fingerprint density at radius 3 is 2.24 bits per heavy atom. The molecule has 192 valence electrons. The average Bonchev–Trinajstić information content (AvgIpc) is 3.30. The van der Waals surface area contributed by atoms with E-state index in [1.165, 1.54) is 7.11 Å². The summed E-state index contributed by atoms with van der Waals surface area (Å²) in [5.41, 5.74) is 1.62. The van der Waals surface area contributed by atoms with E-state index in [4.69, 9.17) is 16.3 Å². The molecule has 0 spiro atoms. The number of alkyl halides is 3. The Balaban J connectivity index is 1.67. The van der Waals surface area contributed by atoms with Gasteiger partial charge in [0.15, 0.2) is 5.69 Å². The van der Waals surface area contributed by atoms with Crippen molar-refractivity contribution in [3.05, 3.63) is 94.6 Å². The van der Waals surface area contributed by atoms with Crippen molar-refractivity contribution in [2.75, 3.05) is 12.4 Å². The van der Waals surface area contributed by atoms with Crippen molar-refractivity contribution >= 4 is 23.2 Å². The van der Waals surface area contributed by atoms with Crippen molar-refractivity contribution in [1.29, 1.82) is 0 Å². The van der Waals surface area contributed by atoms with Gasteiger partial charge in [0.05, 0.1) is 29.2 Å². The Bertz CT molecular complexity index is 1440. The first-order chi connectivity index (χ1) is 17.4. The number of carbonyl (C=O) groups is 1. The van der Waals surface area contributed by atoms with E-state index < -0.39 is 11.9 Å². The van der Waals surface area contributed by atoms with Crippen LogP contribution in [0.3, 0.4) is 0 Å². The minimum atomic E-state index is -4.64. The van der Waals surface area contributed by atoms with Crippen LogP contribution in [-0.2, 0) is 11.6 Å². The summed E-state index contributed by atoms with van der Waals surface area (Å²) in [7, 11) is 1.52. The molecule has 1 heterocycles. The molecule has 1 aromatic heterocycles. The van der Waals surface area contributed by atoms with Gasteiger partial charge in [0.25, 0.3) is 5.91 Å². The fraction of sp³-hybridized carbons (Fsp3) is 0.214. The molecule has 9 heteroatoms. The number of nitrogens with zero attached hydrogens (tertiary/aromatic N) is 2. The number of methoxy groups -OCH3 is 1. The van der Waals surface area contributed by atoms with Crippen LogP contribution < -0.4 is 10.1 Å². The van der Waals surface area contributed by atoms with Gasteiger partial charge in [0.1, 0.15) is 5.75 Å². The van der Waals surface area contributed by atoms with Crippen LogP contribution in [0.25, 0.3) is 16.9 Å². The number of ether oxygens (including phenoxy) is 1. The maximum atomic E-state index is 13.5. The number of anilines is 1. The van der Waals surface area contributed by atoms with Crippen LogP contribution in [-0.4, -0.2) is 22.8 Å². The Kier molecular flexibility index (Phi) is 7.06. The molecular formula is C28H25ClF3N3O2. The van der Waals surface area contributed by atoms with Crippen molar-refractivity contribution in [2.45, 2.75) is 32.4 Å². The lowest BCUT2D eigenvalue weighted by Gasteiger charge is -2.21. The minimum Gasteiger partial charge on any atom is -0.495 e. The van der Waals surface area contributed by atoms with Crippen LogP contribution >= 0.6 is 11.6 Å². The van der Waals surface area contributed by atoms with Gasteiger partial charge in [0, 0.05) is 11.1 Å². The van der Waals surface area contributed by atoms with Gasteiger partial charge in [-0.15, -0.1) is 0 Å². The summed E-state index contributed by atoms with van der Waals surface area (Å²) < 4.78 is 47.0. The summed E-state index contributed by atoms with van der Waals surface area (Å²) in [6.07, 6.45) is -4.64. The van der Waals surface area contributed by atoms with E-state index in [-0.39, 0.29) is 22.0 Å². The number of nitrogens with one attached hydrogen (secondary N) is 1. The lowest BCUT2D eigenvalue weighted by atomic mass is 9.87. The Morgan fingerprint density at radius 2 is 1.65 bits per heavy atom. The zero-order chi connectivity index (χ0) is 27.0. The largest absolute Gasteiger partial charge is 0.495 e. The van der Waals surface area contributed by atoms with Crippen LogP contribution in [0.2, 0.25) is 5.02 Å². The van der Waals surface area contributed by atoms with Crippen LogP contribution in [0.4, 0.5) is 18.9 Å². The summed E-state index contributed by atoms with van der Waals surface area (Å²) in [5, 5.41) is 6.89. The van der Waals surface area contributed by atoms with Gasteiger partial charge in [0.2, 0.25) is 0 Å². The summed E-state index contributed by atoms with van der Waals surface area (Å²) in [5.74, 6) is 0.132.